The molecule has 0 aromatic rings. The van der Waals surface area contributed by atoms with Crippen LogP contribution in [-0.4, -0.2) is 46.2 Å². The van der Waals surface area contributed by atoms with E-state index in [0.29, 0.717) is 19.0 Å². The molecule has 0 saturated heterocycles. The molecule has 0 aromatic carbocycles. The van der Waals surface area contributed by atoms with Gasteiger partial charge in [-0.15, -0.1) is 0 Å². The molecule has 0 amide bonds. The van der Waals surface area contributed by atoms with Crippen LogP contribution in [0, 0.1) is 17.8 Å². The van der Waals surface area contributed by atoms with Crippen LogP contribution in [0.1, 0.15) is 12.8 Å². The Kier molecular flexibility index (Phi) is 5.02. The van der Waals surface area contributed by atoms with E-state index in [0.717, 1.165) is 0 Å². The lowest BCUT2D eigenvalue weighted by Crippen LogP contribution is -2.21. The minimum Gasteiger partial charge on any atom is -0.481 e. The molecule has 6 nitrogen and oxygen atoms in total. The maximum Gasteiger partial charge on any atom is 0.339 e. The smallest absolute Gasteiger partial charge is 0.339 e. The lowest BCUT2D eigenvalue weighted by atomic mass is 10.1. The summed E-state index contributed by atoms with van der Waals surface area (Å²) < 4.78 is 11.6. The molecule has 1 aliphatic rings. The lowest BCUT2D eigenvalue weighted by Gasteiger charge is -2.04. The fraction of sp³-hybridized carbons (Fsp3) is 0.800. The van der Waals surface area contributed by atoms with Crippen LogP contribution in [-0.2, 0) is 14.2 Å². The van der Waals surface area contributed by atoms with Gasteiger partial charge in [-0.25, -0.2) is 0 Å². The third-order valence-electron chi connectivity index (χ3n) is 2.96. The van der Waals surface area contributed by atoms with Crippen LogP contribution < -0.4 is 0 Å². The van der Waals surface area contributed by atoms with Crippen LogP contribution in [0.15, 0.2) is 0 Å². The Bertz CT molecular complexity index is 329. The van der Waals surface area contributed by atoms with Gasteiger partial charge >= 0.3 is 19.7 Å². The van der Waals surface area contributed by atoms with Crippen LogP contribution >= 0.6 is 7.80 Å². The lowest BCUT2D eigenvalue weighted by molar-refractivity contribution is -0.142. The zero-order chi connectivity index (χ0) is 13.0. The predicted molar refractivity (Wildman–Crippen MR) is 59.4 cm³/mol. The van der Waals surface area contributed by atoms with Crippen molar-refractivity contribution in [3.63, 3.8) is 0 Å². The van der Waals surface area contributed by atoms with E-state index in [1.165, 1.54) is 0 Å². The van der Waals surface area contributed by atoms with Gasteiger partial charge in [0.15, 0.2) is 6.16 Å². The molecule has 4 unspecified atom stereocenters. The highest BCUT2D eigenvalue weighted by Gasteiger charge is 2.52. The SMILES string of the molecule is O=C(O)C1CC1C(C[P+](=O)CCCO)C(=O)O. The molecule has 0 radical (unpaired) electrons. The number of aliphatic hydroxyl groups is 1. The molecule has 0 spiro atoms. The number of rotatable bonds is 8. The molecule has 1 fully saturated rings. The van der Waals surface area contributed by atoms with E-state index in [2.05, 4.69) is 0 Å². The first-order chi connectivity index (χ1) is 7.97. The normalized spacial score (nSPS) is 25.1. The number of aliphatic hydroxyl groups excluding tert-OH is 1. The summed E-state index contributed by atoms with van der Waals surface area (Å²) in [7, 11) is -1.67. The fourth-order valence-corrected chi connectivity index (χ4v) is 3.44. The molecule has 96 valence electrons. The van der Waals surface area contributed by atoms with E-state index in [1.54, 1.807) is 0 Å². The van der Waals surface area contributed by atoms with E-state index in [4.69, 9.17) is 15.3 Å². The third kappa shape index (κ3) is 4.06. The van der Waals surface area contributed by atoms with Crippen LogP contribution in [0.25, 0.3) is 0 Å². The largest absolute Gasteiger partial charge is 0.481 e. The molecule has 1 aliphatic carbocycles. The monoisotopic (exact) mass is 263 g/mol. The van der Waals surface area contributed by atoms with Crippen LogP contribution in [0.4, 0.5) is 0 Å². The van der Waals surface area contributed by atoms with Crippen LogP contribution in [0.5, 0.6) is 0 Å². The molecular formula is C10H16O6P+. The van der Waals surface area contributed by atoms with Gasteiger partial charge in [-0.1, -0.05) is 4.57 Å². The summed E-state index contributed by atoms with van der Waals surface area (Å²) in [5.41, 5.74) is 0. The minimum absolute atomic E-state index is 0.0130. The van der Waals surface area contributed by atoms with E-state index >= 15 is 0 Å². The Morgan fingerprint density at radius 1 is 1.35 bits per heavy atom. The molecule has 0 heterocycles. The molecule has 0 aromatic heterocycles. The summed E-state index contributed by atoms with van der Waals surface area (Å²) in [5, 5.41) is 26.3. The van der Waals surface area contributed by atoms with Gasteiger partial charge in [-0.2, -0.15) is 0 Å². The predicted octanol–water partition coefficient (Wildman–Crippen LogP) is 0.618. The molecule has 4 atom stereocenters. The number of aliphatic carboxylic acids is 2. The summed E-state index contributed by atoms with van der Waals surface area (Å²) in [5.74, 6) is -3.88. The van der Waals surface area contributed by atoms with Gasteiger partial charge in [0.1, 0.15) is 12.1 Å². The molecule has 17 heavy (non-hydrogen) atoms. The Labute approximate surface area is 99.4 Å². The highest BCUT2D eigenvalue weighted by Crippen LogP contribution is 2.47. The molecule has 1 rings (SSSR count). The Hall–Kier alpha value is -1.00. The second-order valence-corrected chi connectivity index (χ2v) is 6.03. The zero-order valence-corrected chi connectivity index (χ0v) is 10.2. The second kappa shape index (κ2) is 6.07. The first kappa shape index (κ1) is 14.1. The Morgan fingerprint density at radius 3 is 2.41 bits per heavy atom. The number of hydrogen-bond donors (Lipinski definition) is 3. The minimum atomic E-state index is -1.67. The first-order valence-corrected chi connectivity index (χ1v) is 7.09. The van der Waals surface area contributed by atoms with Gasteiger partial charge < -0.3 is 15.3 Å². The van der Waals surface area contributed by atoms with Crippen molar-refractivity contribution in [1.29, 1.82) is 0 Å². The van der Waals surface area contributed by atoms with Crippen molar-refractivity contribution in [2.45, 2.75) is 12.8 Å². The molecule has 7 heteroatoms. The Balaban J connectivity index is 2.48. The average Bonchev–Trinajstić information content (AvgIpc) is 3.02. The van der Waals surface area contributed by atoms with Gasteiger partial charge in [0.2, 0.25) is 0 Å². The Morgan fingerprint density at radius 2 is 2.00 bits per heavy atom. The van der Waals surface area contributed by atoms with Crippen molar-refractivity contribution in [2.24, 2.45) is 17.8 Å². The van der Waals surface area contributed by atoms with Crippen molar-refractivity contribution in [1.82, 2.24) is 0 Å². The summed E-state index contributed by atoms with van der Waals surface area (Å²) in [4.78, 5) is 21.6. The summed E-state index contributed by atoms with van der Waals surface area (Å²) in [6.45, 7) is -0.0695. The maximum atomic E-state index is 11.6. The maximum absolute atomic E-state index is 11.6. The number of carboxylic acid groups (broad SMARTS) is 2. The average molecular weight is 263 g/mol. The highest BCUT2D eigenvalue weighted by atomic mass is 31.1. The standard InChI is InChI=1S/C10H15O6P/c11-2-1-3-17(16)5-8(10(14)15)6-4-7(6)9(12)13/h6-8,11H,1-5H2,(H-,12,13,14,15)/p+1. The van der Waals surface area contributed by atoms with Crippen LogP contribution in [0.3, 0.4) is 0 Å². The quantitative estimate of drug-likeness (QED) is 0.553. The van der Waals surface area contributed by atoms with Crippen molar-refractivity contribution >= 4 is 19.7 Å². The first-order valence-electron chi connectivity index (χ1n) is 5.46. The third-order valence-corrected chi connectivity index (χ3v) is 4.57. The molecule has 3 N–H and O–H groups in total. The van der Waals surface area contributed by atoms with Crippen molar-refractivity contribution in [3.8, 4) is 0 Å². The van der Waals surface area contributed by atoms with E-state index < -0.39 is 37.5 Å². The van der Waals surface area contributed by atoms with Crippen molar-refractivity contribution in [3.05, 3.63) is 0 Å². The van der Waals surface area contributed by atoms with Crippen molar-refractivity contribution in [2.75, 3.05) is 18.9 Å². The summed E-state index contributed by atoms with van der Waals surface area (Å²) >= 11 is 0. The summed E-state index contributed by atoms with van der Waals surface area (Å²) in [6.07, 6.45) is 1.04. The van der Waals surface area contributed by atoms with E-state index in [1.807, 2.05) is 0 Å². The molecule has 0 aliphatic heterocycles. The number of hydrogen-bond acceptors (Lipinski definition) is 4. The molecular weight excluding hydrogens is 247 g/mol. The van der Waals surface area contributed by atoms with Gasteiger partial charge in [0.05, 0.1) is 5.92 Å². The fourth-order valence-electron chi connectivity index (χ4n) is 1.90. The van der Waals surface area contributed by atoms with Crippen molar-refractivity contribution < 1.29 is 29.5 Å². The second-order valence-electron chi connectivity index (χ2n) is 4.25. The molecule has 0 bridgehead atoms. The van der Waals surface area contributed by atoms with Crippen LogP contribution in [0.2, 0.25) is 0 Å². The topological polar surface area (TPSA) is 112 Å². The number of carboxylic acids is 2. The molecule has 1 saturated carbocycles. The van der Waals surface area contributed by atoms with Gasteiger partial charge in [-0.3, -0.25) is 9.59 Å². The van der Waals surface area contributed by atoms with E-state index in [9.17, 15) is 14.2 Å². The van der Waals surface area contributed by atoms with Gasteiger partial charge in [0.25, 0.3) is 0 Å². The summed E-state index contributed by atoms with van der Waals surface area (Å²) in [6, 6.07) is 0. The highest BCUT2D eigenvalue weighted by molar-refractivity contribution is 7.44. The van der Waals surface area contributed by atoms with Gasteiger partial charge in [0, 0.05) is 13.0 Å². The number of carbonyl (C=O) groups is 2. The van der Waals surface area contributed by atoms with Gasteiger partial charge in [-0.05, 0) is 12.3 Å². The zero-order valence-electron chi connectivity index (χ0n) is 9.28. The van der Waals surface area contributed by atoms with E-state index in [-0.39, 0.29) is 12.8 Å².